The minimum absolute atomic E-state index is 0.232. The summed E-state index contributed by atoms with van der Waals surface area (Å²) in [6.45, 7) is 0.948. The second-order valence-electron chi connectivity index (χ2n) is 8.09. The van der Waals surface area contributed by atoms with E-state index in [9.17, 15) is 4.79 Å². The van der Waals surface area contributed by atoms with Crippen molar-refractivity contribution in [3.63, 3.8) is 0 Å². The fraction of sp³-hybridized carbons (Fsp3) is 0.192. The van der Waals surface area contributed by atoms with Crippen molar-refractivity contribution in [3.05, 3.63) is 77.7 Å². The lowest BCUT2D eigenvalue weighted by Crippen LogP contribution is -2.29. The quantitative estimate of drug-likeness (QED) is 0.421. The maximum absolute atomic E-state index is 13.9. The van der Waals surface area contributed by atoms with E-state index in [1.165, 1.54) is 7.11 Å². The Morgan fingerprint density at radius 2 is 1.58 bits per heavy atom. The van der Waals surface area contributed by atoms with E-state index in [2.05, 4.69) is 19.9 Å². The van der Waals surface area contributed by atoms with Crippen molar-refractivity contribution >= 4 is 11.7 Å². The molecule has 0 unspecified atom stereocenters. The molecule has 2 aliphatic heterocycles. The van der Waals surface area contributed by atoms with Crippen LogP contribution in [0.1, 0.15) is 27.5 Å². The zero-order valence-corrected chi connectivity index (χ0v) is 19.5. The number of ether oxygens (including phenoxy) is 4. The van der Waals surface area contributed by atoms with Crippen LogP contribution in [0.15, 0.2) is 61.1 Å². The Balaban J connectivity index is 1.53. The van der Waals surface area contributed by atoms with Gasteiger partial charge in [0.25, 0.3) is 5.91 Å². The summed E-state index contributed by atoms with van der Waals surface area (Å²) in [6, 6.07) is 12.1. The molecule has 10 heteroatoms. The molecule has 10 nitrogen and oxygen atoms in total. The summed E-state index contributed by atoms with van der Waals surface area (Å²) in [6.07, 6.45) is 4.82. The van der Waals surface area contributed by atoms with Crippen LogP contribution in [0, 0.1) is 0 Å². The van der Waals surface area contributed by atoms with Gasteiger partial charge in [-0.2, -0.15) is 0 Å². The van der Waals surface area contributed by atoms with Crippen molar-refractivity contribution in [2.24, 2.45) is 0 Å². The lowest BCUT2D eigenvalue weighted by Gasteiger charge is -2.27. The predicted octanol–water partition coefficient (Wildman–Crippen LogP) is 3.47. The molecule has 2 aliphatic rings. The lowest BCUT2D eigenvalue weighted by molar-refractivity contribution is 0.0992. The standard InChI is InChI=1S/C26H21N5O5/c1-33-19-13-16-17(14-20(19)34-2)26(32)31(22-6-9-29-25(30-22)24-27-7-3-8-28-24)23(16)15-4-5-18-21(12-15)36-11-10-35-18/h3-9,12-14,23H,10-11H2,1-2H3/t23-/m1/s1. The molecule has 4 aromatic rings. The van der Waals surface area contributed by atoms with Gasteiger partial charge in [0.2, 0.25) is 0 Å². The first-order valence-electron chi connectivity index (χ1n) is 11.3. The highest BCUT2D eigenvalue weighted by Crippen LogP contribution is 2.46. The third-order valence-corrected chi connectivity index (χ3v) is 6.09. The Kier molecular flexibility index (Phi) is 5.33. The summed E-state index contributed by atoms with van der Waals surface area (Å²) in [5, 5.41) is 0. The van der Waals surface area contributed by atoms with E-state index < -0.39 is 6.04 Å². The van der Waals surface area contributed by atoms with Crippen LogP contribution < -0.4 is 23.8 Å². The average molecular weight is 483 g/mol. The normalized spacial score (nSPS) is 16.0. The van der Waals surface area contributed by atoms with Gasteiger partial charge in [-0.05, 0) is 47.5 Å². The molecule has 0 N–H and O–H groups in total. The summed E-state index contributed by atoms with van der Waals surface area (Å²) in [5.74, 6) is 3.13. The van der Waals surface area contributed by atoms with Gasteiger partial charge in [0.1, 0.15) is 19.0 Å². The number of aromatic nitrogens is 4. The van der Waals surface area contributed by atoms with Crippen molar-refractivity contribution in [2.75, 3.05) is 32.3 Å². The smallest absolute Gasteiger partial charge is 0.260 e. The molecule has 180 valence electrons. The van der Waals surface area contributed by atoms with Crippen molar-refractivity contribution < 1.29 is 23.7 Å². The largest absolute Gasteiger partial charge is 0.493 e. The highest BCUT2D eigenvalue weighted by Gasteiger charge is 2.41. The summed E-state index contributed by atoms with van der Waals surface area (Å²) in [4.78, 5) is 33.0. The minimum atomic E-state index is -0.512. The lowest BCUT2D eigenvalue weighted by atomic mass is 9.96. The number of benzene rings is 2. The fourth-order valence-corrected chi connectivity index (χ4v) is 4.49. The van der Waals surface area contributed by atoms with Gasteiger partial charge in [0.15, 0.2) is 34.6 Å². The van der Waals surface area contributed by atoms with Crippen LogP contribution in [0.25, 0.3) is 11.6 Å². The van der Waals surface area contributed by atoms with Crippen LogP contribution in [0.2, 0.25) is 0 Å². The maximum Gasteiger partial charge on any atom is 0.260 e. The van der Waals surface area contributed by atoms with Crippen LogP contribution in [0.5, 0.6) is 23.0 Å². The van der Waals surface area contributed by atoms with Gasteiger partial charge < -0.3 is 18.9 Å². The van der Waals surface area contributed by atoms with Crippen LogP contribution in [0.4, 0.5) is 5.82 Å². The Bertz CT molecular complexity index is 1460. The van der Waals surface area contributed by atoms with Crippen LogP contribution in [-0.4, -0.2) is 53.3 Å². The molecule has 6 rings (SSSR count). The molecular formula is C26H21N5O5. The molecule has 1 atom stereocenters. The van der Waals surface area contributed by atoms with E-state index >= 15 is 0 Å². The molecule has 2 aromatic carbocycles. The van der Waals surface area contributed by atoms with Gasteiger partial charge in [-0.3, -0.25) is 9.69 Å². The molecule has 2 aromatic heterocycles. The average Bonchev–Trinajstić information content (AvgIpc) is 3.23. The maximum atomic E-state index is 13.9. The SMILES string of the molecule is COc1cc2c(cc1OC)[C@@H](c1ccc3c(c1)OCCO3)N(c1ccnc(-c3ncccn3)n1)C2=O. The number of nitrogens with zero attached hydrogens (tertiary/aromatic N) is 5. The zero-order chi connectivity index (χ0) is 24.6. The van der Waals surface area contributed by atoms with Gasteiger partial charge in [-0.15, -0.1) is 0 Å². The molecule has 4 heterocycles. The Morgan fingerprint density at radius 1 is 0.861 bits per heavy atom. The molecule has 0 aliphatic carbocycles. The van der Waals surface area contributed by atoms with Crippen LogP contribution >= 0.6 is 0 Å². The van der Waals surface area contributed by atoms with E-state index in [1.54, 1.807) is 48.8 Å². The summed E-state index contributed by atoms with van der Waals surface area (Å²) in [7, 11) is 3.10. The van der Waals surface area contributed by atoms with E-state index in [0.717, 1.165) is 11.1 Å². The number of fused-ring (bicyclic) bond motifs is 2. The van der Waals surface area contributed by atoms with Crippen LogP contribution in [0.3, 0.4) is 0 Å². The van der Waals surface area contributed by atoms with Gasteiger partial charge in [0.05, 0.1) is 20.3 Å². The summed E-state index contributed by atoms with van der Waals surface area (Å²) >= 11 is 0. The predicted molar refractivity (Wildman–Crippen MR) is 129 cm³/mol. The number of anilines is 1. The number of hydrogen-bond acceptors (Lipinski definition) is 9. The molecule has 0 bridgehead atoms. The zero-order valence-electron chi connectivity index (χ0n) is 19.5. The molecule has 0 spiro atoms. The van der Waals surface area contributed by atoms with Gasteiger partial charge >= 0.3 is 0 Å². The van der Waals surface area contributed by atoms with E-state index in [1.807, 2.05) is 24.3 Å². The van der Waals surface area contributed by atoms with Gasteiger partial charge in [0, 0.05) is 24.2 Å². The van der Waals surface area contributed by atoms with Gasteiger partial charge in [-0.25, -0.2) is 19.9 Å². The second kappa shape index (κ2) is 8.81. The Morgan fingerprint density at radius 3 is 2.36 bits per heavy atom. The summed E-state index contributed by atoms with van der Waals surface area (Å²) < 4.78 is 22.5. The molecule has 0 radical (unpaired) electrons. The first-order valence-corrected chi connectivity index (χ1v) is 11.3. The van der Waals surface area contributed by atoms with Gasteiger partial charge in [-0.1, -0.05) is 6.07 Å². The van der Waals surface area contributed by atoms with Crippen molar-refractivity contribution in [1.29, 1.82) is 0 Å². The molecule has 0 saturated heterocycles. The third kappa shape index (κ3) is 3.54. The number of carbonyl (C=O) groups is 1. The van der Waals surface area contributed by atoms with E-state index in [4.69, 9.17) is 18.9 Å². The van der Waals surface area contributed by atoms with Crippen LogP contribution in [-0.2, 0) is 0 Å². The second-order valence-corrected chi connectivity index (χ2v) is 8.09. The summed E-state index contributed by atoms with van der Waals surface area (Å²) in [5.41, 5.74) is 2.07. The third-order valence-electron chi connectivity index (χ3n) is 6.09. The number of rotatable bonds is 5. The molecule has 0 fully saturated rings. The number of methoxy groups -OCH3 is 2. The highest BCUT2D eigenvalue weighted by atomic mass is 16.6. The number of amides is 1. The van der Waals surface area contributed by atoms with E-state index in [0.29, 0.717) is 59.2 Å². The molecule has 0 saturated carbocycles. The van der Waals surface area contributed by atoms with Crippen molar-refractivity contribution in [3.8, 4) is 34.6 Å². The molecular weight excluding hydrogens is 462 g/mol. The van der Waals surface area contributed by atoms with Crippen molar-refractivity contribution in [1.82, 2.24) is 19.9 Å². The minimum Gasteiger partial charge on any atom is -0.493 e. The Labute approximate surface area is 206 Å². The van der Waals surface area contributed by atoms with Crippen molar-refractivity contribution in [2.45, 2.75) is 6.04 Å². The Hall–Kier alpha value is -4.73. The first kappa shape index (κ1) is 21.8. The van der Waals surface area contributed by atoms with E-state index in [-0.39, 0.29) is 5.91 Å². The fourth-order valence-electron chi connectivity index (χ4n) is 4.49. The first-order chi connectivity index (χ1) is 17.7. The molecule has 1 amide bonds. The molecule has 36 heavy (non-hydrogen) atoms. The highest BCUT2D eigenvalue weighted by molar-refractivity contribution is 6.11. The topological polar surface area (TPSA) is 109 Å². The monoisotopic (exact) mass is 483 g/mol. The number of hydrogen-bond donors (Lipinski definition) is 0. The number of carbonyl (C=O) groups excluding carboxylic acids is 1.